The summed E-state index contributed by atoms with van der Waals surface area (Å²) in [5.74, 6) is 0. The Morgan fingerprint density at radius 2 is 2.31 bits per heavy atom. The molecule has 0 amide bonds. The molecule has 0 saturated carbocycles. The van der Waals surface area contributed by atoms with E-state index in [1.807, 2.05) is 13.0 Å². The SMILES string of the molecule is CC[C@@H](N)c1c[nH]c2cccc([N+](=O)[O-])c12. The van der Waals surface area contributed by atoms with E-state index in [2.05, 4.69) is 4.98 Å². The van der Waals surface area contributed by atoms with Crippen molar-refractivity contribution in [2.75, 3.05) is 0 Å². The van der Waals surface area contributed by atoms with Crippen molar-refractivity contribution in [1.82, 2.24) is 4.98 Å². The molecular formula is C11H13N3O2. The van der Waals surface area contributed by atoms with E-state index in [0.717, 1.165) is 17.5 Å². The maximum atomic E-state index is 10.9. The maximum absolute atomic E-state index is 10.9. The highest BCUT2D eigenvalue weighted by Crippen LogP contribution is 2.31. The standard InChI is InChI=1S/C11H13N3O2/c1-2-8(12)7-6-13-9-4-3-5-10(11(7)9)14(15)16/h3-6,8,13H,2,12H2,1H3/t8-/m1/s1. The van der Waals surface area contributed by atoms with Gasteiger partial charge in [-0.05, 0) is 12.5 Å². The lowest BCUT2D eigenvalue weighted by molar-refractivity contribution is -0.383. The van der Waals surface area contributed by atoms with Crippen molar-refractivity contribution in [2.45, 2.75) is 19.4 Å². The van der Waals surface area contributed by atoms with Gasteiger partial charge in [0, 0.05) is 23.9 Å². The quantitative estimate of drug-likeness (QED) is 0.614. The number of nitrogens with two attached hydrogens (primary N) is 1. The Bertz CT molecular complexity index is 533. The van der Waals surface area contributed by atoms with Crippen molar-refractivity contribution < 1.29 is 4.92 Å². The summed E-state index contributed by atoms with van der Waals surface area (Å²) in [6.07, 6.45) is 2.50. The third kappa shape index (κ3) is 1.55. The Kier molecular flexibility index (Phi) is 2.62. The van der Waals surface area contributed by atoms with E-state index in [1.165, 1.54) is 6.07 Å². The van der Waals surface area contributed by atoms with Crippen molar-refractivity contribution in [3.05, 3.63) is 40.1 Å². The molecule has 1 aromatic carbocycles. The molecule has 0 saturated heterocycles. The summed E-state index contributed by atoms with van der Waals surface area (Å²) in [5.41, 5.74) is 7.61. The largest absolute Gasteiger partial charge is 0.361 e. The second-order valence-electron chi connectivity index (χ2n) is 3.72. The Balaban J connectivity index is 2.72. The summed E-state index contributed by atoms with van der Waals surface area (Å²) in [7, 11) is 0. The van der Waals surface area contributed by atoms with Gasteiger partial charge in [-0.3, -0.25) is 10.1 Å². The number of H-pyrrole nitrogens is 1. The van der Waals surface area contributed by atoms with Crippen molar-refractivity contribution in [3.8, 4) is 0 Å². The number of non-ortho nitro benzene ring substituents is 1. The first-order valence-electron chi connectivity index (χ1n) is 5.15. The van der Waals surface area contributed by atoms with Crippen molar-refractivity contribution in [3.63, 3.8) is 0 Å². The Morgan fingerprint density at radius 1 is 1.56 bits per heavy atom. The topological polar surface area (TPSA) is 85.0 Å². The van der Waals surface area contributed by atoms with Crippen LogP contribution in [-0.4, -0.2) is 9.91 Å². The summed E-state index contributed by atoms with van der Waals surface area (Å²) >= 11 is 0. The summed E-state index contributed by atoms with van der Waals surface area (Å²) in [6.45, 7) is 1.96. The number of aromatic amines is 1. The van der Waals surface area contributed by atoms with Crippen LogP contribution >= 0.6 is 0 Å². The second-order valence-corrected chi connectivity index (χ2v) is 3.72. The van der Waals surface area contributed by atoms with Crippen LogP contribution in [-0.2, 0) is 0 Å². The summed E-state index contributed by atoms with van der Waals surface area (Å²) < 4.78 is 0. The molecule has 5 heteroatoms. The average Bonchev–Trinajstić information content (AvgIpc) is 2.71. The van der Waals surface area contributed by atoms with E-state index in [9.17, 15) is 10.1 Å². The van der Waals surface area contributed by atoms with E-state index in [-0.39, 0.29) is 16.7 Å². The zero-order chi connectivity index (χ0) is 11.7. The minimum Gasteiger partial charge on any atom is -0.361 e. The first kappa shape index (κ1) is 10.6. The van der Waals surface area contributed by atoms with Crippen LogP contribution in [0.3, 0.4) is 0 Å². The third-order valence-electron chi connectivity index (χ3n) is 2.75. The normalized spacial score (nSPS) is 12.9. The molecule has 1 atom stereocenters. The van der Waals surface area contributed by atoms with Gasteiger partial charge >= 0.3 is 0 Å². The van der Waals surface area contributed by atoms with Gasteiger partial charge in [-0.25, -0.2) is 0 Å². The number of aromatic nitrogens is 1. The molecule has 1 aromatic heterocycles. The first-order chi connectivity index (χ1) is 7.65. The van der Waals surface area contributed by atoms with E-state index in [0.29, 0.717) is 5.39 Å². The van der Waals surface area contributed by atoms with Crippen molar-refractivity contribution in [2.24, 2.45) is 5.73 Å². The molecule has 0 aliphatic heterocycles. The number of fused-ring (bicyclic) bond motifs is 1. The average molecular weight is 219 g/mol. The highest BCUT2D eigenvalue weighted by molar-refractivity contribution is 5.92. The lowest BCUT2D eigenvalue weighted by atomic mass is 10.0. The molecule has 16 heavy (non-hydrogen) atoms. The Hall–Kier alpha value is -1.88. The van der Waals surface area contributed by atoms with Gasteiger partial charge in [0.25, 0.3) is 5.69 Å². The maximum Gasteiger partial charge on any atom is 0.279 e. The highest BCUT2D eigenvalue weighted by atomic mass is 16.6. The molecule has 84 valence electrons. The summed E-state index contributed by atoms with van der Waals surface area (Å²) in [6, 6.07) is 4.81. The van der Waals surface area contributed by atoms with Crippen LogP contribution in [0.5, 0.6) is 0 Å². The molecule has 5 nitrogen and oxygen atoms in total. The van der Waals surface area contributed by atoms with Gasteiger partial charge in [0.2, 0.25) is 0 Å². The van der Waals surface area contributed by atoms with Crippen LogP contribution in [0, 0.1) is 10.1 Å². The number of hydrogen-bond acceptors (Lipinski definition) is 3. The predicted octanol–water partition coefficient (Wildman–Crippen LogP) is 2.49. The Morgan fingerprint density at radius 3 is 2.94 bits per heavy atom. The molecule has 0 aliphatic carbocycles. The number of hydrogen-bond donors (Lipinski definition) is 2. The van der Waals surface area contributed by atoms with E-state index < -0.39 is 0 Å². The molecule has 0 spiro atoms. The minimum atomic E-state index is -0.373. The van der Waals surface area contributed by atoms with Crippen LogP contribution in [0.25, 0.3) is 10.9 Å². The van der Waals surface area contributed by atoms with Gasteiger partial charge in [-0.2, -0.15) is 0 Å². The lowest BCUT2D eigenvalue weighted by Crippen LogP contribution is -2.08. The molecule has 0 unspecified atom stereocenters. The molecular weight excluding hydrogens is 206 g/mol. The molecule has 1 heterocycles. The Labute approximate surface area is 92.4 Å². The molecule has 0 radical (unpaired) electrons. The molecule has 0 bridgehead atoms. The van der Waals surface area contributed by atoms with Crippen LogP contribution in [0.2, 0.25) is 0 Å². The zero-order valence-electron chi connectivity index (χ0n) is 8.93. The van der Waals surface area contributed by atoms with Gasteiger partial charge in [-0.15, -0.1) is 0 Å². The fraction of sp³-hybridized carbons (Fsp3) is 0.273. The molecule has 2 aromatic rings. The molecule has 3 N–H and O–H groups in total. The van der Waals surface area contributed by atoms with Gasteiger partial charge in [-0.1, -0.05) is 13.0 Å². The number of nitro groups is 1. The molecule has 2 rings (SSSR count). The van der Waals surface area contributed by atoms with Crippen LogP contribution in [0.4, 0.5) is 5.69 Å². The fourth-order valence-corrected chi connectivity index (χ4v) is 1.86. The lowest BCUT2D eigenvalue weighted by Gasteiger charge is -2.06. The van der Waals surface area contributed by atoms with E-state index in [1.54, 1.807) is 12.3 Å². The number of nitrogens with zero attached hydrogens (tertiary/aromatic N) is 1. The fourth-order valence-electron chi connectivity index (χ4n) is 1.86. The van der Waals surface area contributed by atoms with Crippen LogP contribution in [0.1, 0.15) is 24.9 Å². The van der Waals surface area contributed by atoms with Crippen LogP contribution in [0.15, 0.2) is 24.4 Å². The minimum absolute atomic E-state index is 0.109. The number of nitro benzene ring substituents is 1. The number of nitrogens with one attached hydrogen (secondary N) is 1. The van der Waals surface area contributed by atoms with E-state index >= 15 is 0 Å². The smallest absolute Gasteiger partial charge is 0.279 e. The highest BCUT2D eigenvalue weighted by Gasteiger charge is 2.19. The van der Waals surface area contributed by atoms with Crippen molar-refractivity contribution in [1.29, 1.82) is 0 Å². The zero-order valence-corrected chi connectivity index (χ0v) is 8.93. The van der Waals surface area contributed by atoms with Gasteiger partial charge in [0.1, 0.15) is 0 Å². The molecule has 0 aliphatic rings. The van der Waals surface area contributed by atoms with Gasteiger partial charge < -0.3 is 10.7 Å². The first-order valence-corrected chi connectivity index (χ1v) is 5.15. The van der Waals surface area contributed by atoms with Gasteiger partial charge in [0.15, 0.2) is 0 Å². The monoisotopic (exact) mass is 219 g/mol. The molecule has 0 fully saturated rings. The predicted molar refractivity (Wildman–Crippen MR) is 62.2 cm³/mol. The second kappa shape index (κ2) is 3.94. The summed E-state index contributed by atoms with van der Waals surface area (Å²) in [5, 5.41) is 11.6. The summed E-state index contributed by atoms with van der Waals surface area (Å²) in [4.78, 5) is 13.6. The van der Waals surface area contributed by atoms with E-state index in [4.69, 9.17) is 5.73 Å². The number of benzene rings is 1. The number of rotatable bonds is 3. The van der Waals surface area contributed by atoms with Crippen LogP contribution < -0.4 is 5.73 Å². The van der Waals surface area contributed by atoms with Gasteiger partial charge in [0.05, 0.1) is 15.8 Å². The van der Waals surface area contributed by atoms with Crippen molar-refractivity contribution >= 4 is 16.6 Å². The third-order valence-corrected chi connectivity index (χ3v) is 2.75.